The second kappa shape index (κ2) is 7.61. The SMILES string of the molecule is CC(=O)NCc1ccc(-c2csc(NC(=O)c3cccc4cccnc34)n2)o1. The van der Waals surface area contributed by atoms with E-state index in [1.807, 2.05) is 24.3 Å². The lowest BCUT2D eigenvalue weighted by molar-refractivity contribution is -0.119. The van der Waals surface area contributed by atoms with Crippen LogP contribution in [0.5, 0.6) is 0 Å². The molecule has 4 rings (SSSR count). The summed E-state index contributed by atoms with van der Waals surface area (Å²) >= 11 is 1.31. The average Bonchev–Trinajstić information content (AvgIpc) is 3.35. The van der Waals surface area contributed by atoms with Crippen LogP contribution in [0, 0.1) is 0 Å². The number of aromatic nitrogens is 2. The zero-order valence-corrected chi connectivity index (χ0v) is 15.7. The van der Waals surface area contributed by atoms with Gasteiger partial charge in [-0.2, -0.15) is 0 Å². The van der Waals surface area contributed by atoms with E-state index in [-0.39, 0.29) is 11.8 Å². The molecule has 0 aliphatic rings. The van der Waals surface area contributed by atoms with Gasteiger partial charge < -0.3 is 9.73 Å². The summed E-state index contributed by atoms with van der Waals surface area (Å²) < 4.78 is 5.69. The Kier molecular flexibility index (Phi) is 4.86. The Bertz CT molecular complexity index is 1160. The largest absolute Gasteiger partial charge is 0.458 e. The van der Waals surface area contributed by atoms with E-state index < -0.39 is 0 Å². The molecule has 7 nitrogen and oxygen atoms in total. The minimum Gasteiger partial charge on any atom is -0.458 e. The highest BCUT2D eigenvalue weighted by Crippen LogP contribution is 2.27. The van der Waals surface area contributed by atoms with E-state index in [0.29, 0.717) is 40.0 Å². The second-order valence-corrected chi connectivity index (χ2v) is 6.91. The van der Waals surface area contributed by atoms with Crippen molar-refractivity contribution >= 4 is 39.2 Å². The Morgan fingerprint density at radius 3 is 2.86 bits per heavy atom. The number of thiazole rings is 1. The topological polar surface area (TPSA) is 97.1 Å². The molecule has 0 saturated carbocycles. The van der Waals surface area contributed by atoms with Gasteiger partial charge in [-0.05, 0) is 24.3 Å². The molecule has 0 aliphatic carbocycles. The van der Waals surface area contributed by atoms with Crippen molar-refractivity contribution in [2.75, 3.05) is 5.32 Å². The molecular weight excluding hydrogens is 376 g/mol. The van der Waals surface area contributed by atoms with Gasteiger partial charge >= 0.3 is 0 Å². The lowest BCUT2D eigenvalue weighted by atomic mass is 10.1. The molecule has 8 heteroatoms. The minimum atomic E-state index is -0.268. The molecule has 3 heterocycles. The van der Waals surface area contributed by atoms with Crippen LogP contribution in [0.1, 0.15) is 23.0 Å². The summed E-state index contributed by atoms with van der Waals surface area (Å²) in [6.45, 7) is 1.77. The van der Waals surface area contributed by atoms with Gasteiger partial charge in [0.15, 0.2) is 10.9 Å². The monoisotopic (exact) mass is 392 g/mol. The van der Waals surface area contributed by atoms with Crippen molar-refractivity contribution in [1.82, 2.24) is 15.3 Å². The van der Waals surface area contributed by atoms with Gasteiger partial charge in [0.1, 0.15) is 11.5 Å². The lowest BCUT2D eigenvalue weighted by Gasteiger charge is -2.05. The standard InChI is InChI=1S/C20H16N4O3S/c1-12(25)22-10-14-7-8-17(27-14)16-11-28-20(23-16)24-19(26)15-6-2-4-13-5-3-9-21-18(13)15/h2-9,11H,10H2,1H3,(H,22,25)(H,23,24,26). The third-order valence-electron chi connectivity index (χ3n) is 4.03. The normalized spacial score (nSPS) is 10.8. The molecule has 0 atom stereocenters. The predicted molar refractivity (Wildman–Crippen MR) is 107 cm³/mol. The van der Waals surface area contributed by atoms with E-state index in [2.05, 4.69) is 20.6 Å². The highest BCUT2D eigenvalue weighted by molar-refractivity contribution is 7.14. The molecule has 0 bridgehead atoms. The molecule has 0 saturated heterocycles. The summed E-state index contributed by atoms with van der Waals surface area (Å²) in [6, 6.07) is 12.8. The van der Waals surface area contributed by atoms with Crippen molar-refractivity contribution in [2.24, 2.45) is 0 Å². The smallest absolute Gasteiger partial charge is 0.259 e. The van der Waals surface area contributed by atoms with Crippen molar-refractivity contribution in [2.45, 2.75) is 13.5 Å². The summed E-state index contributed by atoms with van der Waals surface area (Å²) in [4.78, 5) is 32.4. The maximum absolute atomic E-state index is 12.7. The molecular formula is C20H16N4O3S. The maximum Gasteiger partial charge on any atom is 0.259 e. The van der Waals surface area contributed by atoms with Gasteiger partial charge in [0, 0.05) is 23.9 Å². The van der Waals surface area contributed by atoms with E-state index in [1.165, 1.54) is 18.3 Å². The van der Waals surface area contributed by atoms with Crippen LogP contribution in [0.3, 0.4) is 0 Å². The van der Waals surface area contributed by atoms with Crippen LogP contribution in [0.25, 0.3) is 22.4 Å². The van der Waals surface area contributed by atoms with Crippen LogP contribution in [0.2, 0.25) is 0 Å². The molecule has 3 aromatic heterocycles. The van der Waals surface area contributed by atoms with Gasteiger partial charge in [-0.15, -0.1) is 11.3 Å². The molecule has 2 amide bonds. The van der Waals surface area contributed by atoms with Crippen LogP contribution in [-0.4, -0.2) is 21.8 Å². The third kappa shape index (κ3) is 3.77. The van der Waals surface area contributed by atoms with E-state index >= 15 is 0 Å². The van der Waals surface area contributed by atoms with Gasteiger partial charge in [0.2, 0.25) is 5.91 Å². The molecule has 0 radical (unpaired) electrons. The highest BCUT2D eigenvalue weighted by Gasteiger charge is 2.14. The zero-order valence-electron chi connectivity index (χ0n) is 14.9. The Morgan fingerprint density at radius 2 is 2.00 bits per heavy atom. The van der Waals surface area contributed by atoms with Crippen LogP contribution >= 0.6 is 11.3 Å². The van der Waals surface area contributed by atoms with E-state index in [9.17, 15) is 9.59 Å². The Balaban J connectivity index is 1.50. The van der Waals surface area contributed by atoms with Gasteiger partial charge in [0.25, 0.3) is 5.91 Å². The summed E-state index contributed by atoms with van der Waals surface area (Å²) in [5, 5.41) is 8.66. The summed E-state index contributed by atoms with van der Waals surface area (Å²) in [5.41, 5.74) is 1.75. The number of anilines is 1. The number of pyridine rings is 1. The van der Waals surface area contributed by atoms with Gasteiger partial charge in [0.05, 0.1) is 17.6 Å². The van der Waals surface area contributed by atoms with Crippen molar-refractivity contribution in [3.63, 3.8) is 0 Å². The fourth-order valence-electron chi connectivity index (χ4n) is 2.72. The van der Waals surface area contributed by atoms with Crippen molar-refractivity contribution in [3.8, 4) is 11.5 Å². The number of furan rings is 1. The van der Waals surface area contributed by atoms with Crippen LogP contribution in [0.15, 0.2) is 58.5 Å². The van der Waals surface area contributed by atoms with Crippen molar-refractivity contribution in [1.29, 1.82) is 0 Å². The predicted octanol–water partition coefficient (Wildman–Crippen LogP) is 3.84. The molecule has 0 unspecified atom stereocenters. The van der Waals surface area contributed by atoms with Gasteiger partial charge in [-0.25, -0.2) is 4.98 Å². The number of carbonyl (C=O) groups excluding carboxylic acids is 2. The molecule has 0 spiro atoms. The van der Waals surface area contributed by atoms with Crippen LogP contribution in [-0.2, 0) is 11.3 Å². The first-order valence-electron chi connectivity index (χ1n) is 8.54. The number of benzene rings is 1. The van der Waals surface area contributed by atoms with Crippen molar-refractivity contribution < 1.29 is 14.0 Å². The van der Waals surface area contributed by atoms with E-state index in [4.69, 9.17) is 4.42 Å². The maximum atomic E-state index is 12.7. The quantitative estimate of drug-likeness (QED) is 0.538. The first-order chi connectivity index (χ1) is 13.6. The van der Waals surface area contributed by atoms with Gasteiger partial charge in [-0.1, -0.05) is 18.2 Å². The molecule has 4 aromatic rings. The van der Waals surface area contributed by atoms with Crippen LogP contribution < -0.4 is 10.6 Å². The number of nitrogens with zero attached hydrogens (tertiary/aromatic N) is 2. The molecule has 1 aromatic carbocycles. The Morgan fingerprint density at radius 1 is 1.14 bits per heavy atom. The molecule has 0 fully saturated rings. The van der Waals surface area contributed by atoms with Gasteiger partial charge in [-0.3, -0.25) is 19.9 Å². The number of hydrogen-bond acceptors (Lipinski definition) is 6. The molecule has 2 N–H and O–H groups in total. The third-order valence-corrected chi connectivity index (χ3v) is 4.79. The fourth-order valence-corrected chi connectivity index (χ4v) is 3.41. The highest BCUT2D eigenvalue weighted by atomic mass is 32.1. The number of carbonyl (C=O) groups is 2. The number of para-hydroxylation sites is 1. The van der Waals surface area contributed by atoms with E-state index in [1.54, 1.807) is 29.8 Å². The number of rotatable bonds is 5. The first-order valence-corrected chi connectivity index (χ1v) is 9.42. The molecule has 140 valence electrons. The fraction of sp³-hybridized carbons (Fsp3) is 0.100. The average molecular weight is 392 g/mol. The zero-order chi connectivity index (χ0) is 19.5. The molecule has 28 heavy (non-hydrogen) atoms. The van der Waals surface area contributed by atoms with Crippen LogP contribution in [0.4, 0.5) is 5.13 Å². The second-order valence-electron chi connectivity index (χ2n) is 6.05. The Hall–Kier alpha value is -3.52. The summed E-state index contributed by atoms with van der Waals surface area (Å²) in [7, 11) is 0. The molecule has 0 aliphatic heterocycles. The first kappa shape index (κ1) is 17.9. The lowest BCUT2D eigenvalue weighted by Crippen LogP contribution is -2.18. The number of hydrogen-bond donors (Lipinski definition) is 2. The Labute approximate surface area is 164 Å². The summed E-state index contributed by atoms with van der Waals surface area (Å²) in [5.74, 6) is 0.810. The van der Waals surface area contributed by atoms with E-state index in [0.717, 1.165) is 5.39 Å². The van der Waals surface area contributed by atoms with Crippen molar-refractivity contribution in [3.05, 3.63) is 65.4 Å². The number of fused-ring (bicyclic) bond motifs is 1. The number of nitrogens with one attached hydrogen (secondary N) is 2. The summed E-state index contributed by atoms with van der Waals surface area (Å²) in [6.07, 6.45) is 1.66. The minimum absolute atomic E-state index is 0.125. The number of amides is 2.